The summed E-state index contributed by atoms with van der Waals surface area (Å²) < 4.78 is 100. The minimum atomic E-state index is -4.49. The van der Waals surface area contributed by atoms with Gasteiger partial charge in [-0.1, -0.05) is 19.8 Å². The molecule has 0 aliphatic heterocycles. The van der Waals surface area contributed by atoms with Gasteiger partial charge in [-0.2, -0.15) is 8.78 Å². The molecular weight excluding hydrogens is 389 g/mol. The second-order valence-electron chi connectivity index (χ2n) is 7.14. The summed E-state index contributed by atoms with van der Waals surface area (Å²) in [6, 6.07) is 1.87. The van der Waals surface area contributed by atoms with E-state index in [1.807, 2.05) is 0 Å². The van der Waals surface area contributed by atoms with E-state index in [-0.39, 0.29) is 19.5 Å². The molecule has 1 aliphatic rings. The highest BCUT2D eigenvalue weighted by Gasteiger charge is 2.38. The van der Waals surface area contributed by atoms with E-state index >= 15 is 0 Å². The maximum Gasteiger partial charge on any atom is 0.427 e. The molecule has 0 bridgehead atoms. The molecule has 0 amide bonds. The van der Waals surface area contributed by atoms with Gasteiger partial charge < -0.3 is 4.74 Å². The van der Waals surface area contributed by atoms with Gasteiger partial charge >= 0.3 is 6.11 Å². The summed E-state index contributed by atoms with van der Waals surface area (Å²) >= 11 is 0. The summed E-state index contributed by atoms with van der Waals surface area (Å²) in [5.41, 5.74) is -1.07. The fourth-order valence-electron chi connectivity index (χ4n) is 3.42. The minimum Gasteiger partial charge on any atom is -0.423 e. The summed E-state index contributed by atoms with van der Waals surface area (Å²) in [4.78, 5) is 0. The fraction of sp³-hybridized carbons (Fsp3) is 0.400. The lowest BCUT2D eigenvalue weighted by Gasteiger charge is -2.27. The summed E-state index contributed by atoms with van der Waals surface area (Å²) in [6.45, 7) is 2.08. The standard InChI is InChI=1S/C20H17F7O.H2/c1-10-2-4-11(5-3-10)12-6-16(23)19(17(24)7-12)28-20(26,27)13-8-14(21)18(25)15(22)9-13;/h6-11H,2-5H2,1H3;1H. The van der Waals surface area contributed by atoms with Crippen molar-refractivity contribution >= 4 is 0 Å². The highest BCUT2D eigenvalue weighted by molar-refractivity contribution is 5.34. The van der Waals surface area contributed by atoms with Crippen LogP contribution in [0.2, 0.25) is 0 Å². The first kappa shape index (κ1) is 20.5. The average molecular weight is 408 g/mol. The van der Waals surface area contributed by atoms with Gasteiger partial charge in [0, 0.05) is 1.43 Å². The number of benzene rings is 2. The van der Waals surface area contributed by atoms with Crippen LogP contribution in [0.4, 0.5) is 30.7 Å². The van der Waals surface area contributed by atoms with Gasteiger partial charge in [0.2, 0.25) is 0 Å². The van der Waals surface area contributed by atoms with E-state index < -0.39 is 46.5 Å². The van der Waals surface area contributed by atoms with Gasteiger partial charge in [-0.3, -0.25) is 0 Å². The summed E-state index contributed by atoms with van der Waals surface area (Å²) in [7, 11) is 0. The van der Waals surface area contributed by atoms with Crippen LogP contribution in [0.15, 0.2) is 24.3 Å². The number of ether oxygens (including phenoxy) is 1. The van der Waals surface area contributed by atoms with Gasteiger partial charge in [-0.15, -0.1) is 0 Å². The first-order valence-electron chi connectivity index (χ1n) is 8.79. The van der Waals surface area contributed by atoms with Crippen molar-refractivity contribution in [3.8, 4) is 5.75 Å². The molecule has 1 saturated carbocycles. The number of rotatable bonds is 4. The van der Waals surface area contributed by atoms with E-state index in [9.17, 15) is 30.7 Å². The van der Waals surface area contributed by atoms with Gasteiger partial charge in [-0.25, -0.2) is 22.0 Å². The maximum atomic E-state index is 14.3. The molecule has 154 valence electrons. The molecule has 1 nitrogen and oxygen atoms in total. The monoisotopic (exact) mass is 408 g/mol. The molecule has 0 unspecified atom stereocenters. The van der Waals surface area contributed by atoms with Crippen LogP contribution in [0.3, 0.4) is 0 Å². The zero-order chi connectivity index (χ0) is 20.6. The number of hydrogen-bond donors (Lipinski definition) is 0. The third-order valence-electron chi connectivity index (χ3n) is 5.06. The summed E-state index contributed by atoms with van der Waals surface area (Å²) in [5, 5.41) is 0. The first-order valence-corrected chi connectivity index (χ1v) is 8.79. The predicted molar refractivity (Wildman–Crippen MR) is 89.7 cm³/mol. The Hall–Kier alpha value is -2.25. The molecule has 0 N–H and O–H groups in total. The minimum absolute atomic E-state index is 0. The lowest BCUT2D eigenvalue weighted by Crippen LogP contribution is -2.24. The molecule has 0 saturated heterocycles. The molecule has 0 atom stereocenters. The van der Waals surface area contributed by atoms with Crippen molar-refractivity contribution in [2.45, 2.75) is 44.6 Å². The molecule has 0 heterocycles. The highest BCUT2D eigenvalue weighted by atomic mass is 19.3. The Kier molecular flexibility index (Phi) is 5.59. The maximum absolute atomic E-state index is 14.3. The SMILES string of the molecule is CC1CCC(c2cc(F)c(OC(F)(F)c3cc(F)c(F)c(F)c3)c(F)c2)CC1.[HH]. The van der Waals surface area contributed by atoms with Gasteiger partial charge in [0.05, 0.1) is 5.56 Å². The molecule has 2 aromatic carbocycles. The molecule has 0 aromatic heterocycles. The van der Waals surface area contributed by atoms with Crippen LogP contribution in [-0.2, 0) is 6.11 Å². The smallest absolute Gasteiger partial charge is 0.423 e. The topological polar surface area (TPSA) is 9.23 Å². The van der Waals surface area contributed by atoms with E-state index in [0.717, 1.165) is 37.8 Å². The lowest BCUT2D eigenvalue weighted by atomic mass is 9.79. The van der Waals surface area contributed by atoms with E-state index in [1.54, 1.807) is 0 Å². The summed E-state index contributed by atoms with van der Waals surface area (Å²) in [5.74, 6) is -9.33. The predicted octanol–water partition coefficient (Wildman–Crippen LogP) is 7.05. The van der Waals surface area contributed by atoms with Crippen LogP contribution >= 0.6 is 0 Å². The second kappa shape index (κ2) is 7.64. The van der Waals surface area contributed by atoms with Crippen LogP contribution in [0.5, 0.6) is 5.75 Å². The van der Waals surface area contributed by atoms with E-state index in [1.165, 1.54) is 0 Å². The molecule has 1 fully saturated rings. The van der Waals surface area contributed by atoms with Gasteiger partial charge in [0.25, 0.3) is 0 Å². The summed E-state index contributed by atoms with van der Waals surface area (Å²) in [6.07, 6.45) is -1.24. The largest absolute Gasteiger partial charge is 0.427 e. The Balaban J connectivity index is 0.00000300. The van der Waals surface area contributed by atoms with Crippen molar-refractivity contribution in [1.29, 1.82) is 0 Å². The van der Waals surface area contributed by atoms with Crippen molar-refractivity contribution in [1.82, 2.24) is 0 Å². The zero-order valence-electron chi connectivity index (χ0n) is 14.8. The molecule has 28 heavy (non-hydrogen) atoms. The molecular formula is C20H19F7O. The van der Waals surface area contributed by atoms with Gasteiger partial charge in [0.15, 0.2) is 34.8 Å². The molecule has 8 heteroatoms. The number of alkyl halides is 2. The Bertz CT molecular complexity index is 833. The van der Waals surface area contributed by atoms with Crippen LogP contribution in [0.25, 0.3) is 0 Å². The van der Waals surface area contributed by atoms with Crippen molar-refractivity contribution in [3.05, 3.63) is 64.5 Å². The average Bonchev–Trinajstić information content (AvgIpc) is 2.62. The van der Waals surface area contributed by atoms with Crippen molar-refractivity contribution in [3.63, 3.8) is 0 Å². The lowest BCUT2D eigenvalue weighted by molar-refractivity contribution is -0.188. The van der Waals surface area contributed by atoms with Crippen LogP contribution < -0.4 is 4.74 Å². The third-order valence-corrected chi connectivity index (χ3v) is 5.06. The highest BCUT2D eigenvalue weighted by Crippen LogP contribution is 2.40. The van der Waals surface area contributed by atoms with Crippen LogP contribution in [0, 0.1) is 35.0 Å². The molecule has 2 aromatic rings. The Labute approximate surface area is 158 Å². The van der Waals surface area contributed by atoms with E-state index in [0.29, 0.717) is 11.5 Å². The quantitative estimate of drug-likeness (QED) is 0.389. The molecule has 0 spiro atoms. The number of hydrogen-bond acceptors (Lipinski definition) is 1. The zero-order valence-corrected chi connectivity index (χ0v) is 14.8. The van der Waals surface area contributed by atoms with Gasteiger partial charge in [0.1, 0.15) is 0 Å². The van der Waals surface area contributed by atoms with Crippen molar-refractivity contribution < 1.29 is 36.9 Å². The Morgan fingerprint density at radius 2 is 1.32 bits per heavy atom. The van der Waals surface area contributed by atoms with Crippen LogP contribution in [-0.4, -0.2) is 0 Å². The fourth-order valence-corrected chi connectivity index (χ4v) is 3.42. The van der Waals surface area contributed by atoms with E-state index in [4.69, 9.17) is 0 Å². The Morgan fingerprint density at radius 3 is 1.82 bits per heavy atom. The Morgan fingerprint density at radius 1 is 0.821 bits per heavy atom. The normalized spacial score (nSPS) is 20.3. The first-order chi connectivity index (χ1) is 13.1. The molecule has 0 radical (unpaired) electrons. The van der Waals surface area contributed by atoms with Crippen LogP contribution in [0.1, 0.15) is 51.1 Å². The molecule has 3 rings (SSSR count). The third kappa shape index (κ3) is 4.10. The molecule has 1 aliphatic carbocycles. The van der Waals surface area contributed by atoms with E-state index in [2.05, 4.69) is 11.7 Å². The van der Waals surface area contributed by atoms with Crippen molar-refractivity contribution in [2.24, 2.45) is 5.92 Å². The van der Waals surface area contributed by atoms with Crippen molar-refractivity contribution in [2.75, 3.05) is 0 Å². The number of halogens is 7. The second-order valence-corrected chi connectivity index (χ2v) is 7.14. The van der Waals surface area contributed by atoms with Gasteiger partial charge in [-0.05, 0) is 54.5 Å².